The van der Waals surface area contributed by atoms with Crippen molar-refractivity contribution in [1.82, 2.24) is 10.7 Å². The second-order valence-corrected chi connectivity index (χ2v) is 5.09. The van der Waals surface area contributed by atoms with Gasteiger partial charge in [0.2, 0.25) is 0 Å². The Kier molecular flexibility index (Phi) is 5.11. The molecule has 0 saturated carbocycles. The van der Waals surface area contributed by atoms with E-state index in [0.29, 0.717) is 17.2 Å². The number of carbonyl (C=O) groups excluding carboxylic acids is 2. The summed E-state index contributed by atoms with van der Waals surface area (Å²) in [6, 6.07) is 2.92. The summed E-state index contributed by atoms with van der Waals surface area (Å²) in [4.78, 5) is 23.9. The minimum absolute atomic E-state index is 0.241. The zero-order valence-corrected chi connectivity index (χ0v) is 10.7. The van der Waals surface area contributed by atoms with Gasteiger partial charge in [-0.15, -0.1) is 11.3 Å². The monoisotopic (exact) mass is 255 g/mol. The number of nitrogens with one attached hydrogen (secondary N) is 2. The number of rotatable bonds is 5. The van der Waals surface area contributed by atoms with E-state index in [4.69, 9.17) is 5.84 Å². The number of carbonyl (C=O) groups is 2. The first kappa shape index (κ1) is 13.7. The minimum atomic E-state index is -0.588. The maximum absolute atomic E-state index is 11.8. The summed E-state index contributed by atoms with van der Waals surface area (Å²) in [6.07, 6.45) is 0.556. The first-order chi connectivity index (χ1) is 8.04. The van der Waals surface area contributed by atoms with Gasteiger partial charge in [-0.2, -0.15) is 0 Å². The standard InChI is InChI=1S/C11H17N3O2S/c1-7(2)6-8(10(15)14-12)13-11(16)9-4-3-5-17-9/h3-5,7-8H,6,12H2,1-2H3,(H,13,16)(H,14,15). The molecule has 5 nitrogen and oxygen atoms in total. The molecule has 0 radical (unpaired) electrons. The van der Waals surface area contributed by atoms with Crippen molar-refractivity contribution < 1.29 is 9.59 Å². The lowest BCUT2D eigenvalue weighted by atomic mass is 10.0. The summed E-state index contributed by atoms with van der Waals surface area (Å²) < 4.78 is 0. The molecule has 0 spiro atoms. The maximum atomic E-state index is 11.8. The second-order valence-electron chi connectivity index (χ2n) is 4.14. The molecule has 1 unspecified atom stereocenters. The Labute approximate surface area is 104 Å². The topological polar surface area (TPSA) is 84.2 Å². The van der Waals surface area contributed by atoms with E-state index in [1.807, 2.05) is 19.2 Å². The van der Waals surface area contributed by atoms with Gasteiger partial charge in [-0.05, 0) is 23.8 Å². The van der Waals surface area contributed by atoms with Gasteiger partial charge in [0, 0.05) is 0 Å². The zero-order valence-electron chi connectivity index (χ0n) is 9.90. The van der Waals surface area contributed by atoms with E-state index < -0.39 is 6.04 Å². The average molecular weight is 255 g/mol. The highest BCUT2D eigenvalue weighted by Crippen LogP contribution is 2.10. The highest BCUT2D eigenvalue weighted by molar-refractivity contribution is 7.12. The van der Waals surface area contributed by atoms with E-state index in [9.17, 15) is 9.59 Å². The van der Waals surface area contributed by atoms with Crippen molar-refractivity contribution in [2.75, 3.05) is 0 Å². The molecular weight excluding hydrogens is 238 g/mol. The molecule has 17 heavy (non-hydrogen) atoms. The summed E-state index contributed by atoms with van der Waals surface area (Å²) in [5.74, 6) is 4.77. The fraction of sp³-hybridized carbons (Fsp3) is 0.455. The Morgan fingerprint density at radius 3 is 2.65 bits per heavy atom. The van der Waals surface area contributed by atoms with E-state index in [2.05, 4.69) is 10.7 Å². The molecular formula is C11H17N3O2S. The van der Waals surface area contributed by atoms with Gasteiger partial charge >= 0.3 is 0 Å². The summed E-state index contributed by atoms with van der Waals surface area (Å²) in [5.41, 5.74) is 2.07. The molecule has 2 amide bonds. The zero-order chi connectivity index (χ0) is 12.8. The van der Waals surface area contributed by atoms with Gasteiger partial charge in [0.05, 0.1) is 4.88 Å². The van der Waals surface area contributed by atoms with E-state index in [0.717, 1.165) is 0 Å². The predicted molar refractivity (Wildman–Crippen MR) is 67.4 cm³/mol. The molecule has 0 fully saturated rings. The molecule has 0 saturated heterocycles. The highest BCUT2D eigenvalue weighted by atomic mass is 32.1. The quantitative estimate of drug-likeness (QED) is 0.415. The van der Waals surface area contributed by atoms with Crippen LogP contribution in [0.4, 0.5) is 0 Å². The van der Waals surface area contributed by atoms with Gasteiger partial charge in [-0.1, -0.05) is 19.9 Å². The highest BCUT2D eigenvalue weighted by Gasteiger charge is 2.21. The lowest BCUT2D eigenvalue weighted by molar-refractivity contribution is -0.123. The van der Waals surface area contributed by atoms with Crippen LogP contribution in [0.15, 0.2) is 17.5 Å². The molecule has 0 aliphatic heterocycles. The third-order valence-corrected chi connectivity index (χ3v) is 3.08. The molecule has 94 valence electrons. The van der Waals surface area contributed by atoms with Crippen LogP contribution in [-0.4, -0.2) is 17.9 Å². The predicted octanol–water partition coefficient (Wildman–Crippen LogP) is 0.883. The number of hydrogen-bond donors (Lipinski definition) is 3. The molecule has 0 bridgehead atoms. The van der Waals surface area contributed by atoms with E-state index >= 15 is 0 Å². The Bertz CT molecular complexity index is 376. The molecule has 1 aromatic rings. The van der Waals surface area contributed by atoms with E-state index in [1.165, 1.54) is 11.3 Å². The van der Waals surface area contributed by atoms with Crippen LogP contribution in [0.1, 0.15) is 29.9 Å². The van der Waals surface area contributed by atoms with Crippen molar-refractivity contribution in [3.63, 3.8) is 0 Å². The Morgan fingerprint density at radius 1 is 1.47 bits per heavy atom. The molecule has 1 heterocycles. The number of thiophene rings is 1. The summed E-state index contributed by atoms with van der Waals surface area (Å²) >= 11 is 1.34. The van der Waals surface area contributed by atoms with Gasteiger partial charge in [0.1, 0.15) is 6.04 Å². The fourth-order valence-electron chi connectivity index (χ4n) is 1.44. The van der Waals surface area contributed by atoms with Crippen LogP contribution in [0.25, 0.3) is 0 Å². The number of hydrogen-bond acceptors (Lipinski definition) is 4. The van der Waals surface area contributed by atoms with E-state index in [1.54, 1.807) is 12.1 Å². The molecule has 0 aliphatic rings. The minimum Gasteiger partial charge on any atom is -0.339 e. The van der Waals surface area contributed by atoms with Crippen LogP contribution >= 0.6 is 11.3 Å². The molecule has 0 aromatic carbocycles. The van der Waals surface area contributed by atoms with Crippen molar-refractivity contribution in [3.8, 4) is 0 Å². The molecule has 4 N–H and O–H groups in total. The Hall–Kier alpha value is -1.40. The van der Waals surface area contributed by atoms with Gasteiger partial charge in [-0.25, -0.2) is 5.84 Å². The lowest BCUT2D eigenvalue weighted by Gasteiger charge is -2.18. The lowest BCUT2D eigenvalue weighted by Crippen LogP contribution is -2.49. The van der Waals surface area contributed by atoms with Crippen molar-refractivity contribution in [2.45, 2.75) is 26.3 Å². The third-order valence-electron chi connectivity index (χ3n) is 2.22. The van der Waals surface area contributed by atoms with Gasteiger partial charge in [0.25, 0.3) is 11.8 Å². The van der Waals surface area contributed by atoms with Gasteiger partial charge in [0.15, 0.2) is 0 Å². The van der Waals surface area contributed by atoms with Crippen molar-refractivity contribution in [1.29, 1.82) is 0 Å². The largest absolute Gasteiger partial charge is 0.339 e. The van der Waals surface area contributed by atoms with Crippen LogP contribution in [0.3, 0.4) is 0 Å². The smallest absolute Gasteiger partial charge is 0.261 e. The normalized spacial score (nSPS) is 12.2. The van der Waals surface area contributed by atoms with Crippen LogP contribution in [0.5, 0.6) is 0 Å². The molecule has 1 atom stereocenters. The third kappa shape index (κ3) is 4.16. The fourth-order valence-corrected chi connectivity index (χ4v) is 2.07. The molecule has 1 aromatic heterocycles. The van der Waals surface area contributed by atoms with Crippen LogP contribution in [0, 0.1) is 5.92 Å². The SMILES string of the molecule is CC(C)CC(NC(=O)c1cccs1)C(=O)NN. The second kappa shape index (κ2) is 6.36. The molecule has 0 aliphatic carbocycles. The Morgan fingerprint density at radius 2 is 2.18 bits per heavy atom. The van der Waals surface area contributed by atoms with Crippen LogP contribution in [0.2, 0.25) is 0 Å². The van der Waals surface area contributed by atoms with Gasteiger partial charge < -0.3 is 5.32 Å². The van der Waals surface area contributed by atoms with Crippen LogP contribution < -0.4 is 16.6 Å². The number of hydrazine groups is 1. The average Bonchev–Trinajstić information content (AvgIpc) is 2.79. The summed E-state index contributed by atoms with van der Waals surface area (Å²) in [6.45, 7) is 3.96. The summed E-state index contributed by atoms with van der Waals surface area (Å²) in [7, 11) is 0. The van der Waals surface area contributed by atoms with E-state index in [-0.39, 0.29) is 11.8 Å². The van der Waals surface area contributed by atoms with Crippen molar-refractivity contribution >= 4 is 23.2 Å². The molecule has 1 rings (SSSR count). The van der Waals surface area contributed by atoms with Gasteiger partial charge in [-0.3, -0.25) is 15.0 Å². The first-order valence-corrected chi connectivity index (χ1v) is 6.27. The summed E-state index contributed by atoms with van der Waals surface area (Å²) in [5, 5.41) is 4.50. The first-order valence-electron chi connectivity index (χ1n) is 5.39. The Balaban J connectivity index is 2.66. The van der Waals surface area contributed by atoms with Crippen molar-refractivity contribution in [3.05, 3.63) is 22.4 Å². The maximum Gasteiger partial charge on any atom is 0.261 e. The van der Waals surface area contributed by atoms with Crippen LogP contribution in [-0.2, 0) is 4.79 Å². The number of nitrogens with two attached hydrogens (primary N) is 1. The number of amides is 2. The molecule has 6 heteroatoms. The van der Waals surface area contributed by atoms with Crippen molar-refractivity contribution in [2.24, 2.45) is 11.8 Å².